The number of benzene rings is 1. The molecule has 1 atom stereocenters. The first-order valence-electron chi connectivity index (χ1n) is 7.66. The number of nitrogens with one attached hydrogen (secondary N) is 2. The van der Waals surface area contributed by atoms with Crippen LogP contribution in [-0.2, 0) is 6.42 Å². The molecule has 2 heterocycles. The summed E-state index contributed by atoms with van der Waals surface area (Å²) in [5.74, 6) is -0.0808. The maximum Gasteiger partial charge on any atom is 0.255 e. The van der Waals surface area contributed by atoms with Crippen LogP contribution in [0.5, 0.6) is 0 Å². The highest BCUT2D eigenvalue weighted by molar-refractivity contribution is 7.13. The SMILES string of the molecule is C[C@H](CCc1ccccc1)NC(=O)c1cn[nH]c1-c1cccs1. The summed E-state index contributed by atoms with van der Waals surface area (Å²) in [6.07, 6.45) is 3.45. The van der Waals surface area contributed by atoms with Crippen molar-refractivity contribution >= 4 is 17.2 Å². The van der Waals surface area contributed by atoms with E-state index in [1.54, 1.807) is 17.5 Å². The second-order valence-electron chi connectivity index (χ2n) is 5.53. The van der Waals surface area contributed by atoms with Gasteiger partial charge in [0.2, 0.25) is 0 Å². The molecule has 0 fully saturated rings. The van der Waals surface area contributed by atoms with Gasteiger partial charge in [-0.05, 0) is 36.8 Å². The van der Waals surface area contributed by atoms with Crippen LogP contribution in [0.2, 0.25) is 0 Å². The second kappa shape index (κ2) is 7.24. The highest BCUT2D eigenvalue weighted by Gasteiger charge is 2.17. The number of thiophene rings is 1. The fourth-order valence-electron chi connectivity index (χ4n) is 2.47. The molecule has 0 saturated heterocycles. The van der Waals surface area contributed by atoms with Crippen LogP contribution in [0.25, 0.3) is 10.6 Å². The van der Waals surface area contributed by atoms with Gasteiger partial charge in [0.15, 0.2) is 0 Å². The lowest BCUT2D eigenvalue weighted by atomic mass is 10.1. The molecule has 0 unspecified atom stereocenters. The van der Waals surface area contributed by atoms with Crippen molar-refractivity contribution in [3.63, 3.8) is 0 Å². The van der Waals surface area contributed by atoms with Gasteiger partial charge in [0.1, 0.15) is 0 Å². The van der Waals surface area contributed by atoms with Gasteiger partial charge in [-0.1, -0.05) is 36.4 Å². The fraction of sp³-hybridized carbons (Fsp3) is 0.222. The number of nitrogens with zero attached hydrogens (tertiary/aromatic N) is 1. The summed E-state index contributed by atoms with van der Waals surface area (Å²) < 4.78 is 0. The predicted octanol–water partition coefficient (Wildman–Crippen LogP) is 3.89. The molecule has 0 bridgehead atoms. The van der Waals surface area contributed by atoms with Gasteiger partial charge >= 0.3 is 0 Å². The second-order valence-corrected chi connectivity index (χ2v) is 6.48. The highest BCUT2D eigenvalue weighted by Crippen LogP contribution is 2.25. The monoisotopic (exact) mass is 325 g/mol. The zero-order valence-corrected chi connectivity index (χ0v) is 13.8. The minimum absolute atomic E-state index is 0.0808. The Morgan fingerprint density at radius 3 is 2.83 bits per heavy atom. The number of aryl methyl sites for hydroxylation is 1. The molecule has 2 N–H and O–H groups in total. The molecule has 0 saturated carbocycles. The zero-order chi connectivity index (χ0) is 16.1. The Labute approximate surface area is 139 Å². The molecule has 0 radical (unpaired) electrons. The summed E-state index contributed by atoms with van der Waals surface area (Å²) in [6, 6.07) is 14.4. The van der Waals surface area contributed by atoms with E-state index in [0.29, 0.717) is 5.56 Å². The van der Waals surface area contributed by atoms with Crippen molar-refractivity contribution in [2.24, 2.45) is 0 Å². The van der Waals surface area contributed by atoms with Gasteiger partial charge in [-0.15, -0.1) is 11.3 Å². The maximum absolute atomic E-state index is 12.5. The predicted molar refractivity (Wildman–Crippen MR) is 93.6 cm³/mol. The van der Waals surface area contributed by atoms with E-state index in [1.807, 2.05) is 42.6 Å². The first-order chi connectivity index (χ1) is 11.2. The smallest absolute Gasteiger partial charge is 0.255 e. The molecule has 0 aliphatic carbocycles. The quantitative estimate of drug-likeness (QED) is 0.722. The van der Waals surface area contributed by atoms with Gasteiger partial charge in [-0.3, -0.25) is 9.89 Å². The van der Waals surface area contributed by atoms with Crippen LogP contribution in [0, 0.1) is 0 Å². The number of hydrogen-bond acceptors (Lipinski definition) is 3. The first kappa shape index (κ1) is 15.5. The van der Waals surface area contributed by atoms with Crippen molar-refractivity contribution in [2.45, 2.75) is 25.8 Å². The van der Waals surface area contributed by atoms with Crippen LogP contribution in [0.4, 0.5) is 0 Å². The normalized spacial score (nSPS) is 12.0. The van der Waals surface area contributed by atoms with Gasteiger partial charge in [0, 0.05) is 6.04 Å². The minimum atomic E-state index is -0.0808. The van der Waals surface area contributed by atoms with Crippen LogP contribution < -0.4 is 5.32 Å². The first-order valence-corrected chi connectivity index (χ1v) is 8.54. The number of hydrogen-bond donors (Lipinski definition) is 2. The van der Waals surface area contributed by atoms with Crippen molar-refractivity contribution in [2.75, 3.05) is 0 Å². The van der Waals surface area contributed by atoms with E-state index >= 15 is 0 Å². The third kappa shape index (κ3) is 3.87. The highest BCUT2D eigenvalue weighted by atomic mass is 32.1. The molecule has 4 nitrogen and oxygen atoms in total. The van der Waals surface area contributed by atoms with Gasteiger partial charge < -0.3 is 5.32 Å². The summed E-state index contributed by atoms with van der Waals surface area (Å²) in [7, 11) is 0. The van der Waals surface area contributed by atoms with E-state index in [9.17, 15) is 4.79 Å². The number of rotatable bonds is 6. The summed E-state index contributed by atoms with van der Waals surface area (Å²) in [6.45, 7) is 2.03. The van der Waals surface area contributed by atoms with Crippen molar-refractivity contribution in [3.8, 4) is 10.6 Å². The van der Waals surface area contributed by atoms with Gasteiger partial charge in [0.25, 0.3) is 5.91 Å². The van der Waals surface area contributed by atoms with Crippen molar-refractivity contribution in [1.82, 2.24) is 15.5 Å². The number of H-pyrrole nitrogens is 1. The maximum atomic E-state index is 12.5. The number of amides is 1. The lowest BCUT2D eigenvalue weighted by Crippen LogP contribution is -2.33. The Morgan fingerprint density at radius 1 is 1.26 bits per heavy atom. The molecule has 3 rings (SSSR count). The van der Waals surface area contributed by atoms with E-state index in [2.05, 4.69) is 27.6 Å². The Balaban J connectivity index is 1.60. The van der Waals surface area contributed by atoms with Crippen LogP contribution in [0.1, 0.15) is 29.3 Å². The molecule has 5 heteroatoms. The summed E-state index contributed by atoms with van der Waals surface area (Å²) in [5.41, 5.74) is 2.67. The lowest BCUT2D eigenvalue weighted by Gasteiger charge is -2.13. The molecule has 1 aromatic carbocycles. The molecule has 0 aliphatic rings. The van der Waals surface area contributed by atoms with Crippen LogP contribution >= 0.6 is 11.3 Å². The molecule has 23 heavy (non-hydrogen) atoms. The number of carbonyl (C=O) groups is 1. The summed E-state index contributed by atoms with van der Waals surface area (Å²) >= 11 is 1.59. The number of aromatic amines is 1. The molecule has 3 aromatic rings. The fourth-order valence-corrected chi connectivity index (χ4v) is 3.20. The third-order valence-corrected chi connectivity index (χ3v) is 4.63. The topological polar surface area (TPSA) is 57.8 Å². The van der Waals surface area contributed by atoms with E-state index in [0.717, 1.165) is 23.4 Å². The van der Waals surface area contributed by atoms with Gasteiger partial charge in [0.05, 0.1) is 22.3 Å². The van der Waals surface area contributed by atoms with Crippen LogP contribution in [0.15, 0.2) is 54.0 Å². The van der Waals surface area contributed by atoms with Gasteiger partial charge in [-0.25, -0.2) is 0 Å². The molecule has 1 amide bonds. The van der Waals surface area contributed by atoms with Gasteiger partial charge in [-0.2, -0.15) is 5.10 Å². The minimum Gasteiger partial charge on any atom is -0.349 e. The molecule has 2 aromatic heterocycles. The molecule has 0 aliphatic heterocycles. The van der Waals surface area contributed by atoms with E-state index in [-0.39, 0.29) is 11.9 Å². The van der Waals surface area contributed by atoms with Crippen molar-refractivity contribution < 1.29 is 4.79 Å². The van der Waals surface area contributed by atoms with E-state index < -0.39 is 0 Å². The Hall–Kier alpha value is -2.40. The standard InChI is InChI=1S/C18H19N3OS/c1-13(9-10-14-6-3-2-4-7-14)20-18(22)15-12-19-21-17(15)16-8-5-11-23-16/h2-8,11-13H,9-10H2,1H3,(H,19,21)(H,20,22)/t13-/m1/s1. The largest absolute Gasteiger partial charge is 0.349 e. The Kier molecular flexibility index (Phi) is 4.88. The summed E-state index contributed by atoms with van der Waals surface area (Å²) in [4.78, 5) is 13.5. The van der Waals surface area contributed by atoms with Crippen molar-refractivity contribution in [3.05, 3.63) is 65.2 Å². The lowest BCUT2D eigenvalue weighted by molar-refractivity contribution is 0.0939. The zero-order valence-electron chi connectivity index (χ0n) is 13.0. The molecule has 118 valence electrons. The Bertz CT molecular complexity index is 750. The number of carbonyl (C=O) groups excluding carboxylic acids is 1. The average molecular weight is 325 g/mol. The van der Waals surface area contributed by atoms with Crippen LogP contribution in [-0.4, -0.2) is 22.1 Å². The Morgan fingerprint density at radius 2 is 2.09 bits per heavy atom. The van der Waals surface area contributed by atoms with Crippen LogP contribution in [0.3, 0.4) is 0 Å². The average Bonchev–Trinajstić information content (AvgIpc) is 3.24. The van der Waals surface area contributed by atoms with E-state index in [1.165, 1.54) is 5.56 Å². The molecular weight excluding hydrogens is 306 g/mol. The number of aromatic nitrogens is 2. The molecular formula is C18H19N3OS. The van der Waals surface area contributed by atoms with E-state index in [4.69, 9.17) is 0 Å². The summed E-state index contributed by atoms with van der Waals surface area (Å²) in [5, 5.41) is 12.0. The van der Waals surface area contributed by atoms with Crippen molar-refractivity contribution in [1.29, 1.82) is 0 Å². The third-order valence-electron chi connectivity index (χ3n) is 3.74. The molecule has 0 spiro atoms.